The molecule has 0 radical (unpaired) electrons. The molecule has 0 aliphatic heterocycles. The Hall–Kier alpha value is -4.96. The minimum Gasteiger partial charge on any atom is -0.479 e. The molecule has 0 aliphatic rings. The Bertz CT molecular complexity index is 1790. The van der Waals surface area contributed by atoms with Crippen LogP contribution >= 0.6 is 11.6 Å². The van der Waals surface area contributed by atoms with Crippen LogP contribution in [0.5, 0.6) is 5.88 Å². The van der Waals surface area contributed by atoms with Crippen molar-refractivity contribution in [3.8, 4) is 17.6 Å². The Morgan fingerprint density at radius 2 is 2.00 bits per heavy atom. The summed E-state index contributed by atoms with van der Waals surface area (Å²) in [6, 6.07) is 6.47. The summed E-state index contributed by atoms with van der Waals surface area (Å²) in [5.74, 6) is -1.13. The van der Waals surface area contributed by atoms with E-state index in [4.69, 9.17) is 26.2 Å². The Morgan fingerprint density at radius 1 is 1.27 bits per heavy atom. The number of halogens is 2. The highest BCUT2D eigenvalue weighted by molar-refractivity contribution is 6.30. The molecule has 0 bridgehead atoms. The van der Waals surface area contributed by atoms with Crippen LogP contribution in [-0.4, -0.2) is 58.1 Å². The Labute approximate surface area is 258 Å². The van der Waals surface area contributed by atoms with Gasteiger partial charge in [0.05, 0.1) is 42.9 Å². The molecule has 14 heteroatoms. The lowest BCUT2D eigenvalue weighted by molar-refractivity contribution is 0.0517. The molecule has 4 rings (SSSR count). The third-order valence-corrected chi connectivity index (χ3v) is 6.98. The van der Waals surface area contributed by atoms with Crippen LogP contribution in [0.1, 0.15) is 65.6 Å². The molecule has 3 aromatic heterocycles. The van der Waals surface area contributed by atoms with Crippen LogP contribution in [0.25, 0.3) is 5.69 Å². The molecule has 3 heterocycles. The Morgan fingerprint density at radius 3 is 2.57 bits per heavy atom. The van der Waals surface area contributed by atoms with E-state index >= 15 is 4.39 Å². The highest BCUT2D eigenvalue weighted by Crippen LogP contribution is 2.38. The molecule has 0 amide bonds. The number of methoxy groups -OCH3 is 1. The molecule has 0 spiro atoms. The van der Waals surface area contributed by atoms with E-state index in [-0.39, 0.29) is 34.7 Å². The largest absolute Gasteiger partial charge is 0.479 e. The Kier molecular flexibility index (Phi) is 9.54. The maximum atomic E-state index is 15.1. The summed E-state index contributed by atoms with van der Waals surface area (Å²) in [4.78, 5) is 36.5. The second-order valence-electron chi connectivity index (χ2n) is 10.3. The molecule has 230 valence electrons. The zero-order valence-electron chi connectivity index (χ0n) is 25.3. The van der Waals surface area contributed by atoms with Gasteiger partial charge >= 0.3 is 5.97 Å². The molecule has 4 aromatic rings. The summed E-state index contributed by atoms with van der Waals surface area (Å²) in [5, 5.41) is 17.3. The van der Waals surface area contributed by atoms with Gasteiger partial charge in [-0.05, 0) is 36.6 Å². The van der Waals surface area contributed by atoms with E-state index in [1.165, 1.54) is 47.0 Å². The number of carbonyl (C=O) groups is 1. The molecule has 1 N–H and O–H groups in total. The first kappa shape index (κ1) is 32.0. The zero-order valence-corrected chi connectivity index (χ0v) is 26.1. The normalized spacial score (nSPS) is 11.7. The molecule has 0 saturated heterocycles. The van der Waals surface area contributed by atoms with Gasteiger partial charge in [0.1, 0.15) is 22.6 Å². The van der Waals surface area contributed by atoms with E-state index in [0.29, 0.717) is 34.1 Å². The summed E-state index contributed by atoms with van der Waals surface area (Å²) in [6.07, 6.45) is 3.07. The van der Waals surface area contributed by atoms with E-state index in [2.05, 4.69) is 15.3 Å². The van der Waals surface area contributed by atoms with Crippen LogP contribution in [0.15, 0.2) is 41.5 Å². The van der Waals surface area contributed by atoms with E-state index < -0.39 is 23.4 Å². The van der Waals surface area contributed by atoms with Gasteiger partial charge < -0.3 is 24.3 Å². The SMILES string of the molecule is CCOC(=O)c1nn(-c2cnc(N(C)C)nc2OC)c(C(C)C)c1C(Nc1cc(Cl)c(=O)n(C)c1)c1ccc(C#N)c(F)c1. The lowest BCUT2D eigenvalue weighted by atomic mass is 9.91. The van der Waals surface area contributed by atoms with E-state index in [9.17, 15) is 14.9 Å². The van der Waals surface area contributed by atoms with Gasteiger partial charge in [-0.25, -0.2) is 18.9 Å². The molecule has 1 aromatic carbocycles. The highest BCUT2D eigenvalue weighted by atomic mass is 35.5. The van der Waals surface area contributed by atoms with Crippen LogP contribution in [-0.2, 0) is 11.8 Å². The average molecular weight is 623 g/mol. The first-order valence-electron chi connectivity index (χ1n) is 13.6. The molecule has 0 aliphatic carbocycles. The second-order valence-corrected chi connectivity index (χ2v) is 10.7. The molecule has 12 nitrogen and oxygen atoms in total. The minimum absolute atomic E-state index is 0.0458. The van der Waals surface area contributed by atoms with Crippen molar-refractivity contribution in [3.63, 3.8) is 0 Å². The van der Waals surface area contributed by atoms with E-state index in [1.807, 2.05) is 19.9 Å². The van der Waals surface area contributed by atoms with E-state index in [0.717, 1.165) is 0 Å². The van der Waals surface area contributed by atoms with Crippen molar-refractivity contribution in [1.29, 1.82) is 5.26 Å². The average Bonchev–Trinajstić information content (AvgIpc) is 3.39. The molecule has 44 heavy (non-hydrogen) atoms. The van der Waals surface area contributed by atoms with Crippen LogP contribution < -0.4 is 20.5 Å². The molecular formula is C30H32ClFN8O4. The van der Waals surface area contributed by atoms with Crippen molar-refractivity contribution in [2.75, 3.05) is 38.0 Å². The number of nitriles is 1. The van der Waals surface area contributed by atoms with Crippen molar-refractivity contribution in [1.82, 2.24) is 24.3 Å². The summed E-state index contributed by atoms with van der Waals surface area (Å²) < 4.78 is 28.9. The number of esters is 1. The number of hydrogen-bond acceptors (Lipinski definition) is 10. The Balaban J connectivity index is 2.09. The second kappa shape index (κ2) is 13.1. The number of anilines is 2. The fraction of sp³-hybridized carbons (Fsp3) is 0.333. The van der Waals surface area contributed by atoms with Crippen molar-refractivity contribution in [2.24, 2.45) is 7.05 Å². The maximum Gasteiger partial charge on any atom is 0.359 e. The van der Waals surface area contributed by atoms with E-state index in [1.54, 1.807) is 39.0 Å². The third-order valence-electron chi connectivity index (χ3n) is 6.71. The summed E-state index contributed by atoms with van der Waals surface area (Å²) in [6.45, 7) is 5.57. The van der Waals surface area contributed by atoms with Gasteiger partial charge in [0, 0.05) is 32.9 Å². The summed E-state index contributed by atoms with van der Waals surface area (Å²) in [7, 11) is 6.58. The number of benzene rings is 1. The van der Waals surface area contributed by atoms with Gasteiger partial charge in [0.2, 0.25) is 11.8 Å². The molecule has 1 unspecified atom stereocenters. The molecule has 0 saturated carbocycles. The number of nitrogens with zero attached hydrogens (tertiary/aromatic N) is 7. The van der Waals surface area contributed by atoms with Crippen LogP contribution in [0.3, 0.4) is 0 Å². The topological polar surface area (TPSA) is 140 Å². The molecule has 0 fully saturated rings. The zero-order chi connectivity index (χ0) is 32.3. The summed E-state index contributed by atoms with van der Waals surface area (Å²) in [5.41, 5.74) is 1.43. The number of rotatable bonds is 10. The first-order chi connectivity index (χ1) is 20.9. The summed E-state index contributed by atoms with van der Waals surface area (Å²) >= 11 is 6.23. The monoisotopic (exact) mass is 622 g/mol. The highest BCUT2D eigenvalue weighted by Gasteiger charge is 2.34. The van der Waals surface area contributed by atoms with Crippen LogP contribution in [0.4, 0.5) is 16.0 Å². The fourth-order valence-corrected chi connectivity index (χ4v) is 4.97. The number of pyridine rings is 1. The van der Waals surface area contributed by atoms with Crippen LogP contribution in [0.2, 0.25) is 5.02 Å². The number of hydrogen-bond donors (Lipinski definition) is 1. The predicted molar refractivity (Wildman–Crippen MR) is 163 cm³/mol. The lowest BCUT2D eigenvalue weighted by Gasteiger charge is -2.24. The third kappa shape index (κ3) is 6.21. The maximum absolute atomic E-state index is 15.1. The van der Waals surface area contributed by atoms with Gasteiger partial charge in [-0.15, -0.1) is 0 Å². The van der Waals surface area contributed by atoms with Crippen molar-refractivity contribution < 1.29 is 18.7 Å². The van der Waals surface area contributed by atoms with Crippen molar-refractivity contribution >= 4 is 29.2 Å². The van der Waals surface area contributed by atoms with Crippen molar-refractivity contribution in [2.45, 2.75) is 32.7 Å². The quantitative estimate of drug-likeness (QED) is 0.249. The number of aryl methyl sites for hydroxylation is 1. The predicted octanol–water partition coefficient (Wildman–Crippen LogP) is 4.60. The smallest absolute Gasteiger partial charge is 0.359 e. The minimum atomic E-state index is -0.940. The number of carbonyl (C=O) groups excluding carboxylic acids is 1. The van der Waals surface area contributed by atoms with Gasteiger partial charge in [0.25, 0.3) is 5.56 Å². The number of ether oxygens (including phenoxy) is 2. The van der Waals surface area contributed by atoms with Gasteiger partial charge in [-0.3, -0.25) is 4.79 Å². The van der Waals surface area contributed by atoms with Gasteiger partial charge in [-0.2, -0.15) is 15.3 Å². The van der Waals surface area contributed by atoms with Crippen molar-refractivity contribution in [3.05, 3.63) is 85.9 Å². The lowest BCUT2D eigenvalue weighted by Crippen LogP contribution is -2.22. The number of nitrogens with one attached hydrogen (secondary N) is 1. The number of aromatic nitrogens is 5. The molecular weight excluding hydrogens is 591 g/mol. The first-order valence-corrected chi connectivity index (χ1v) is 14.0. The van der Waals surface area contributed by atoms with Crippen LogP contribution in [0, 0.1) is 17.1 Å². The van der Waals surface area contributed by atoms with Gasteiger partial charge in [-0.1, -0.05) is 31.5 Å². The van der Waals surface area contributed by atoms with Gasteiger partial charge in [0.15, 0.2) is 5.69 Å². The standard InChI is InChI=1S/C30H32ClFN8O4/c1-8-44-29(42)25-23(26(16(2)3)40(37-25)22-14-34-30(38(4)5)36-27(22)43-7)24(17-9-10-18(13-33)21(32)11-17)35-19-12-20(31)28(41)39(6)15-19/h9-12,14-16,24,35H,8H2,1-7H3. The fourth-order valence-electron chi connectivity index (χ4n) is 4.72. The molecule has 1 atom stereocenters.